The van der Waals surface area contributed by atoms with Gasteiger partial charge in [0.1, 0.15) is 13.2 Å². The molecule has 1 unspecified atom stereocenters. The molecule has 0 bridgehead atoms. The summed E-state index contributed by atoms with van der Waals surface area (Å²) in [5.41, 5.74) is 0. The molecule has 0 aromatic rings. The zero-order chi connectivity index (χ0) is 13.4. The molecule has 1 saturated heterocycles. The molecule has 0 aromatic heterocycles. The van der Waals surface area contributed by atoms with Crippen LogP contribution in [0.3, 0.4) is 0 Å². The summed E-state index contributed by atoms with van der Waals surface area (Å²) >= 11 is 0. The highest BCUT2D eigenvalue weighted by molar-refractivity contribution is 5.77. The number of ether oxygens (including phenoxy) is 1. The number of nitrogens with zero attached hydrogens (tertiary/aromatic N) is 1. The van der Waals surface area contributed by atoms with Gasteiger partial charge in [0.25, 0.3) is 0 Å². The molecule has 18 heavy (non-hydrogen) atoms. The van der Waals surface area contributed by atoms with E-state index in [0.29, 0.717) is 12.5 Å². The minimum absolute atomic E-state index is 0.192. The molecule has 2 N–H and O–H groups in total. The lowest BCUT2D eigenvalue weighted by molar-refractivity contribution is -0.143. The molecular formula is C12H22N2O4. The summed E-state index contributed by atoms with van der Waals surface area (Å²) < 4.78 is 4.70. The summed E-state index contributed by atoms with van der Waals surface area (Å²) in [6.07, 6.45) is 2.53. The molecule has 6 nitrogen and oxygen atoms in total. The Hall–Kier alpha value is -1.14. The van der Waals surface area contributed by atoms with Crippen LogP contribution in [0.1, 0.15) is 19.8 Å². The maximum atomic E-state index is 11.3. The molecular weight excluding hydrogens is 236 g/mol. The van der Waals surface area contributed by atoms with Gasteiger partial charge in [-0.15, -0.1) is 0 Å². The molecule has 1 rings (SSSR count). The van der Waals surface area contributed by atoms with E-state index in [0.717, 1.165) is 19.6 Å². The van der Waals surface area contributed by atoms with Crippen molar-refractivity contribution >= 4 is 11.9 Å². The lowest BCUT2D eigenvalue weighted by Gasteiger charge is -2.20. The predicted octanol–water partition coefficient (Wildman–Crippen LogP) is -0.0643. The standard InChI is InChI=1S/C12H22N2O4/c1-10(7-14-4-2-3-5-14)6-13-11(15)8-18-9-12(16)17/h10H,2-9H2,1H3,(H,13,15)(H,16,17). The van der Waals surface area contributed by atoms with Crippen LogP contribution in [0.5, 0.6) is 0 Å². The quantitative estimate of drug-likeness (QED) is 0.637. The molecule has 1 atom stereocenters. The Bertz CT molecular complexity index is 277. The highest BCUT2D eigenvalue weighted by Crippen LogP contribution is 2.09. The van der Waals surface area contributed by atoms with Crippen molar-refractivity contribution in [1.29, 1.82) is 0 Å². The van der Waals surface area contributed by atoms with Gasteiger partial charge in [-0.1, -0.05) is 6.92 Å². The van der Waals surface area contributed by atoms with Crippen LogP contribution in [0.4, 0.5) is 0 Å². The Kier molecular flexibility index (Phi) is 6.67. The number of aliphatic carboxylic acids is 1. The Morgan fingerprint density at radius 3 is 2.61 bits per heavy atom. The van der Waals surface area contributed by atoms with Crippen LogP contribution in [0.15, 0.2) is 0 Å². The first-order chi connectivity index (χ1) is 8.58. The van der Waals surface area contributed by atoms with Gasteiger partial charge in [-0.2, -0.15) is 0 Å². The Balaban J connectivity index is 2.03. The van der Waals surface area contributed by atoms with E-state index in [1.54, 1.807) is 0 Å². The first kappa shape index (κ1) is 14.9. The van der Waals surface area contributed by atoms with E-state index in [4.69, 9.17) is 9.84 Å². The molecule has 6 heteroatoms. The van der Waals surface area contributed by atoms with Crippen LogP contribution in [0.25, 0.3) is 0 Å². The third-order valence-electron chi connectivity index (χ3n) is 2.87. The highest BCUT2D eigenvalue weighted by atomic mass is 16.5. The zero-order valence-corrected chi connectivity index (χ0v) is 10.9. The van der Waals surface area contributed by atoms with Crippen LogP contribution >= 0.6 is 0 Å². The minimum atomic E-state index is -1.06. The lowest BCUT2D eigenvalue weighted by Crippen LogP contribution is -2.36. The number of carboxylic acids is 1. The average Bonchev–Trinajstić information content (AvgIpc) is 2.78. The fourth-order valence-corrected chi connectivity index (χ4v) is 2.04. The fraction of sp³-hybridized carbons (Fsp3) is 0.833. The number of amides is 1. The van der Waals surface area contributed by atoms with Crippen molar-refractivity contribution in [3.05, 3.63) is 0 Å². The molecule has 1 aliphatic rings. The third-order valence-corrected chi connectivity index (χ3v) is 2.87. The summed E-state index contributed by atoms with van der Waals surface area (Å²) in [5, 5.41) is 11.1. The topological polar surface area (TPSA) is 78.9 Å². The molecule has 1 aliphatic heterocycles. The first-order valence-corrected chi connectivity index (χ1v) is 6.36. The van der Waals surface area contributed by atoms with Crippen molar-refractivity contribution in [2.45, 2.75) is 19.8 Å². The van der Waals surface area contributed by atoms with E-state index in [1.165, 1.54) is 12.8 Å². The van der Waals surface area contributed by atoms with E-state index in [1.807, 2.05) is 0 Å². The second-order valence-corrected chi connectivity index (χ2v) is 4.80. The summed E-state index contributed by atoms with van der Waals surface area (Å²) in [5.74, 6) is -0.929. The van der Waals surface area contributed by atoms with E-state index in [2.05, 4.69) is 17.1 Å². The van der Waals surface area contributed by atoms with Gasteiger partial charge in [0.2, 0.25) is 5.91 Å². The second kappa shape index (κ2) is 8.05. The second-order valence-electron chi connectivity index (χ2n) is 4.80. The normalized spacial score (nSPS) is 17.6. The number of carboxylic acid groups (broad SMARTS) is 1. The molecule has 0 aliphatic carbocycles. The molecule has 104 valence electrons. The van der Waals surface area contributed by atoms with E-state index in [9.17, 15) is 9.59 Å². The number of likely N-dealkylation sites (tertiary alicyclic amines) is 1. The largest absolute Gasteiger partial charge is 0.480 e. The summed E-state index contributed by atoms with van der Waals surface area (Å²) in [4.78, 5) is 23.9. The number of hydrogen-bond acceptors (Lipinski definition) is 4. The van der Waals surface area contributed by atoms with Crippen LogP contribution in [0.2, 0.25) is 0 Å². The lowest BCUT2D eigenvalue weighted by atomic mass is 10.1. The third kappa shape index (κ3) is 6.56. The molecule has 1 fully saturated rings. The fourth-order valence-electron chi connectivity index (χ4n) is 2.04. The van der Waals surface area contributed by atoms with Crippen molar-refractivity contribution in [2.75, 3.05) is 39.4 Å². The van der Waals surface area contributed by atoms with Gasteiger partial charge < -0.3 is 20.1 Å². The minimum Gasteiger partial charge on any atom is -0.480 e. The van der Waals surface area contributed by atoms with Gasteiger partial charge in [-0.3, -0.25) is 4.79 Å². The van der Waals surface area contributed by atoms with E-state index < -0.39 is 12.6 Å². The van der Waals surface area contributed by atoms with Crippen molar-refractivity contribution in [3.8, 4) is 0 Å². The van der Waals surface area contributed by atoms with Crippen LogP contribution in [-0.4, -0.2) is 61.3 Å². The monoisotopic (exact) mass is 258 g/mol. The number of rotatable bonds is 8. The highest BCUT2D eigenvalue weighted by Gasteiger charge is 2.15. The Morgan fingerprint density at radius 2 is 2.00 bits per heavy atom. The van der Waals surface area contributed by atoms with Gasteiger partial charge in [-0.05, 0) is 31.8 Å². The van der Waals surface area contributed by atoms with Crippen LogP contribution in [0, 0.1) is 5.92 Å². The number of hydrogen-bond donors (Lipinski definition) is 2. The number of carbonyl (C=O) groups is 2. The molecule has 0 aromatic carbocycles. The number of carbonyl (C=O) groups excluding carboxylic acids is 1. The van der Waals surface area contributed by atoms with Crippen molar-refractivity contribution in [3.63, 3.8) is 0 Å². The Labute approximate surface area is 107 Å². The summed E-state index contributed by atoms with van der Waals surface area (Å²) in [6, 6.07) is 0. The SMILES string of the molecule is CC(CNC(=O)COCC(=O)O)CN1CCCC1. The Morgan fingerprint density at radius 1 is 1.33 bits per heavy atom. The van der Waals surface area contributed by atoms with Gasteiger partial charge in [0, 0.05) is 13.1 Å². The molecule has 0 radical (unpaired) electrons. The number of nitrogens with one attached hydrogen (secondary N) is 1. The molecule has 1 heterocycles. The van der Waals surface area contributed by atoms with E-state index in [-0.39, 0.29) is 12.5 Å². The maximum Gasteiger partial charge on any atom is 0.329 e. The molecule has 0 saturated carbocycles. The van der Waals surface area contributed by atoms with Gasteiger partial charge in [0.15, 0.2) is 0 Å². The van der Waals surface area contributed by atoms with Crippen LogP contribution in [-0.2, 0) is 14.3 Å². The van der Waals surface area contributed by atoms with Crippen molar-refractivity contribution < 1.29 is 19.4 Å². The van der Waals surface area contributed by atoms with Gasteiger partial charge >= 0.3 is 5.97 Å². The smallest absolute Gasteiger partial charge is 0.329 e. The predicted molar refractivity (Wildman–Crippen MR) is 66.3 cm³/mol. The summed E-state index contributed by atoms with van der Waals surface area (Å²) in [7, 11) is 0. The zero-order valence-electron chi connectivity index (χ0n) is 10.9. The summed E-state index contributed by atoms with van der Waals surface area (Å²) in [6.45, 7) is 5.37. The van der Waals surface area contributed by atoms with E-state index >= 15 is 0 Å². The molecule has 0 spiro atoms. The first-order valence-electron chi connectivity index (χ1n) is 6.36. The van der Waals surface area contributed by atoms with Gasteiger partial charge in [0.05, 0.1) is 0 Å². The van der Waals surface area contributed by atoms with Crippen molar-refractivity contribution in [2.24, 2.45) is 5.92 Å². The van der Waals surface area contributed by atoms with Crippen LogP contribution < -0.4 is 5.32 Å². The maximum absolute atomic E-state index is 11.3. The van der Waals surface area contributed by atoms with Gasteiger partial charge in [-0.25, -0.2) is 4.79 Å². The average molecular weight is 258 g/mol. The molecule has 1 amide bonds. The van der Waals surface area contributed by atoms with Crippen molar-refractivity contribution in [1.82, 2.24) is 10.2 Å².